The molecule has 0 aliphatic rings. The Morgan fingerprint density at radius 3 is 0.738 bits per heavy atom. The van der Waals surface area contributed by atoms with Crippen LogP contribution in [0, 0.1) is 0 Å². The van der Waals surface area contributed by atoms with Gasteiger partial charge in [-0.2, -0.15) is 0 Å². The standard InChI is InChI=1S/C18H36O2.C8H16O2.2C3H8O3/c1-2-3-4-5-6-7-8-9-10-11-12-13-14-15-16-17-18(19)20;1-2-3-4-5-6-7-8(9)10;2*4-1-3(6)2-5/h2-17H2,1H3,(H,19,20);2-7H2,1H3,(H,9,10);2*3-6H,1-2H2. The second-order valence-corrected chi connectivity index (χ2v) is 10.7. The zero-order chi connectivity index (χ0) is 32.7. The van der Waals surface area contributed by atoms with E-state index >= 15 is 0 Å². The summed E-state index contributed by atoms with van der Waals surface area (Å²) < 4.78 is 0. The molecule has 0 fully saturated rings. The third-order valence-corrected chi connectivity index (χ3v) is 6.33. The van der Waals surface area contributed by atoms with Crippen molar-refractivity contribution < 1.29 is 50.4 Å². The van der Waals surface area contributed by atoms with E-state index in [1.807, 2.05) is 0 Å². The van der Waals surface area contributed by atoms with E-state index in [1.165, 1.54) is 103 Å². The van der Waals surface area contributed by atoms with Crippen molar-refractivity contribution in [3.05, 3.63) is 0 Å². The summed E-state index contributed by atoms with van der Waals surface area (Å²) in [5, 5.41) is 64.8. The fourth-order valence-electron chi connectivity index (χ4n) is 3.64. The van der Waals surface area contributed by atoms with E-state index in [9.17, 15) is 9.59 Å². The summed E-state index contributed by atoms with van der Waals surface area (Å²) in [4.78, 5) is 20.4. The normalized spacial score (nSPS) is 10.3. The summed E-state index contributed by atoms with van der Waals surface area (Å²) >= 11 is 0. The number of rotatable bonds is 26. The highest BCUT2D eigenvalue weighted by Gasteiger charge is 1.98. The zero-order valence-electron chi connectivity index (χ0n) is 26.9. The molecule has 8 N–H and O–H groups in total. The van der Waals surface area contributed by atoms with Gasteiger partial charge in [0.2, 0.25) is 0 Å². The minimum absolute atomic E-state index is 0.337. The number of hydrogen-bond donors (Lipinski definition) is 8. The molecule has 0 atom stereocenters. The van der Waals surface area contributed by atoms with Gasteiger partial charge in [-0.1, -0.05) is 129 Å². The quantitative estimate of drug-likeness (QED) is 0.0583. The molecule has 0 radical (unpaired) electrons. The lowest BCUT2D eigenvalue weighted by atomic mass is 10.0. The highest BCUT2D eigenvalue weighted by Crippen LogP contribution is 2.13. The Labute approximate surface area is 256 Å². The molecular weight excluding hydrogens is 544 g/mol. The van der Waals surface area contributed by atoms with Crippen molar-refractivity contribution in [3.63, 3.8) is 0 Å². The number of aliphatic carboxylic acids is 2. The van der Waals surface area contributed by atoms with E-state index in [0.29, 0.717) is 12.8 Å². The molecular formula is C32H68O10. The Bertz CT molecular complexity index is 488. The van der Waals surface area contributed by atoms with Gasteiger partial charge in [0, 0.05) is 12.8 Å². The second kappa shape index (κ2) is 44.1. The van der Waals surface area contributed by atoms with Crippen molar-refractivity contribution in [1.82, 2.24) is 0 Å². The van der Waals surface area contributed by atoms with Crippen molar-refractivity contribution >= 4 is 11.9 Å². The van der Waals surface area contributed by atoms with Gasteiger partial charge in [0.25, 0.3) is 0 Å². The largest absolute Gasteiger partial charge is 0.481 e. The maximum absolute atomic E-state index is 10.3. The summed E-state index contributed by atoms with van der Waals surface area (Å²) in [6, 6.07) is 0. The minimum atomic E-state index is -0.954. The fourth-order valence-corrected chi connectivity index (χ4v) is 3.64. The van der Waals surface area contributed by atoms with Gasteiger partial charge >= 0.3 is 11.9 Å². The molecule has 256 valence electrons. The number of aliphatic hydroxyl groups excluding tert-OH is 6. The summed E-state index contributed by atoms with van der Waals surface area (Å²) in [5.74, 6) is -1.32. The van der Waals surface area contributed by atoms with Crippen LogP contribution in [0.4, 0.5) is 0 Å². The predicted molar refractivity (Wildman–Crippen MR) is 169 cm³/mol. The van der Waals surface area contributed by atoms with Gasteiger partial charge in [-0.25, -0.2) is 0 Å². The molecule has 10 heteroatoms. The zero-order valence-corrected chi connectivity index (χ0v) is 26.9. The number of carbonyl (C=O) groups is 2. The first-order valence-electron chi connectivity index (χ1n) is 16.4. The first kappa shape index (κ1) is 47.6. The van der Waals surface area contributed by atoms with E-state index in [4.69, 9.17) is 40.9 Å². The van der Waals surface area contributed by atoms with Crippen LogP contribution in [0.15, 0.2) is 0 Å². The first-order valence-corrected chi connectivity index (χ1v) is 16.4. The molecule has 10 nitrogen and oxygen atoms in total. The lowest BCUT2D eigenvalue weighted by Crippen LogP contribution is -2.15. The van der Waals surface area contributed by atoms with Crippen LogP contribution in [-0.2, 0) is 9.59 Å². The molecule has 0 unspecified atom stereocenters. The van der Waals surface area contributed by atoms with Gasteiger partial charge in [0.05, 0.1) is 26.4 Å². The van der Waals surface area contributed by atoms with Crippen LogP contribution >= 0.6 is 0 Å². The Kier molecular flexibility index (Phi) is 50.1. The van der Waals surface area contributed by atoms with Crippen LogP contribution < -0.4 is 0 Å². The SMILES string of the molecule is CCCCCCCC(=O)O.CCCCCCCCCCCCCCCCCC(=O)O.OCC(O)CO.OCC(O)CO. The molecule has 0 aromatic rings. The molecule has 0 saturated carbocycles. The van der Waals surface area contributed by atoms with E-state index in [2.05, 4.69) is 13.8 Å². The number of aliphatic hydroxyl groups is 6. The van der Waals surface area contributed by atoms with Crippen molar-refractivity contribution in [2.24, 2.45) is 0 Å². The smallest absolute Gasteiger partial charge is 0.303 e. The van der Waals surface area contributed by atoms with E-state index < -0.39 is 24.1 Å². The van der Waals surface area contributed by atoms with Gasteiger partial charge < -0.3 is 40.9 Å². The molecule has 0 heterocycles. The molecule has 0 amide bonds. The molecule has 0 aliphatic heterocycles. The predicted octanol–water partition coefficient (Wildman–Crippen LogP) is 5.43. The van der Waals surface area contributed by atoms with Crippen molar-refractivity contribution in [3.8, 4) is 0 Å². The highest BCUT2D eigenvalue weighted by molar-refractivity contribution is 5.66. The topological polar surface area (TPSA) is 196 Å². The van der Waals surface area contributed by atoms with Crippen LogP contribution in [0.25, 0.3) is 0 Å². The molecule has 0 spiro atoms. The Morgan fingerprint density at radius 2 is 0.595 bits per heavy atom. The lowest BCUT2D eigenvalue weighted by Gasteiger charge is -2.03. The van der Waals surface area contributed by atoms with Crippen LogP contribution in [0.2, 0.25) is 0 Å². The van der Waals surface area contributed by atoms with Gasteiger partial charge in [-0.05, 0) is 12.8 Å². The summed E-state index contributed by atoms with van der Waals surface area (Å²) in [5.41, 5.74) is 0. The van der Waals surface area contributed by atoms with Crippen molar-refractivity contribution in [2.75, 3.05) is 26.4 Å². The van der Waals surface area contributed by atoms with Gasteiger partial charge in [0.1, 0.15) is 12.2 Å². The average molecular weight is 613 g/mol. The molecule has 0 bridgehead atoms. The van der Waals surface area contributed by atoms with Crippen LogP contribution in [0.1, 0.15) is 155 Å². The van der Waals surface area contributed by atoms with Crippen molar-refractivity contribution in [2.45, 2.75) is 167 Å². The maximum atomic E-state index is 10.3. The minimum Gasteiger partial charge on any atom is -0.481 e. The number of carboxylic acid groups (broad SMARTS) is 2. The number of unbranched alkanes of at least 4 members (excludes halogenated alkanes) is 18. The Morgan fingerprint density at radius 1 is 0.405 bits per heavy atom. The molecule has 0 saturated heterocycles. The molecule has 0 aliphatic carbocycles. The molecule has 0 aromatic heterocycles. The van der Waals surface area contributed by atoms with Gasteiger partial charge in [-0.3, -0.25) is 9.59 Å². The summed E-state index contributed by atoms with van der Waals surface area (Å²) in [6.07, 6.45) is 24.2. The molecule has 0 rings (SSSR count). The molecule has 0 aromatic carbocycles. The summed E-state index contributed by atoms with van der Waals surface area (Å²) in [7, 11) is 0. The Hall–Kier alpha value is -1.30. The molecule has 42 heavy (non-hydrogen) atoms. The van der Waals surface area contributed by atoms with Gasteiger partial charge in [-0.15, -0.1) is 0 Å². The second-order valence-electron chi connectivity index (χ2n) is 10.7. The van der Waals surface area contributed by atoms with Crippen LogP contribution in [0.5, 0.6) is 0 Å². The number of hydrogen-bond acceptors (Lipinski definition) is 8. The van der Waals surface area contributed by atoms with Crippen molar-refractivity contribution in [1.29, 1.82) is 0 Å². The fraction of sp³-hybridized carbons (Fsp3) is 0.938. The highest BCUT2D eigenvalue weighted by atomic mass is 16.4. The average Bonchev–Trinajstić information content (AvgIpc) is 2.98. The maximum Gasteiger partial charge on any atom is 0.303 e. The third kappa shape index (κ3) is 58.4. The lowest BCUT2D eigenvalue weighted by molar-refractivity contribution is -0.138. The Balaban J connectivity index is -0.000000270. The van der Waals surface area contributed by atoms with E-state index in [0.717, 1.165) is 25.7 Å². The number of carboxylic acids is 2. The van der Waals surface area contributed by atoms with E-state index in [-0.39, 0.29) is 26.4 Å². The van der Waals surface area contributed by atoms with Gasteiger partial charge in [0.15, 0.2) is 0 Å². The summed E-state index contributed by atoms with van der Waals surface area (Å²) in [6.45, 7) is 2.96. The van der Waals surface area contributed by atoms with Crippen LogP contribution in [0.3, 0.4) is 0 Å². The van der Waals surface area contributed by atoms with E-state index in [1.54, 1.807) is 0 Å². The third-order valence-electron chi connectivity index (χ3n) is 6.33. The van der Waals surface area contributed by atoms with Crippen LogP contribution in [-0.4, -0.2) is 91.4 Å². The first-order chi connectivity index (χ1) is 20.2. The monoisotopic (exact) mass is 612 g/mol.